The molecule has 0 atom stereocenters. The van der Waals surface area contributed by atoms with Gasteiger partial charge >= 0.3 is 0 Å². The maximum Gasteiger partial charge on any atom is 0.272 e. The van der Waals surface area contributed by atoms with Gasteiger partial charge in [0.15, 0.2) is 0 Å². The predicted octanol–water partition coefficient (Wildman–Crippen LogP) is 2.36. The Hall–Kier alpha value is -2.08. The molecule has 0 N–H and O–H groups in total. The van der Waals surface area contributed by atoms with Gasteiger partial charge in [-0.3, -0.25) is 14.4 Å². The standard InChI is InChI=1S/C20H31N5O/c1-4-25-19(16-18(21-25)15-17(2)3)20(26)24-13-11-23(12-14-24)10-9-22-7-5-6-8-22/h5-8,16-17H,4,9-15H2,1-3H3. The van der Waals surface area contributed by atoms with E-state index in [2.05, 4.69) is 52.9 Å². The molecule has 0 aromatic carbocycles. The SMILES string of the molecule is CCn1nc(CC(C)C)cc1C(=O)N1CCN(CCn2cccc2)CC1. The van der Waals surface area contributed by atoms with Crippen molar-refractivity contribution >= 4 is 5.91 Å². The van der Waals surface area contributed by atoms with E-state index in [1.807, 2.05) is 22.6 Å². The number of carbonyl (C=O) groups is 1. The lowest BCUT2D eigenvalue weighted by Gasteiger charge is -2.34. The van der Waals surface area contributed by atoms with Gasteiger partial charge in [-0.25, -0.2) is 0 Å². The van der Waals surface area contributed by atoms with Crippen molar-refractivity contribution in [3.05, 3.63) is 42.0 Å². The fourth-order valence-corrected chi connectivity index (χ4v) is 3.51. The van der Waals surface area contributed by atoms with Gasteiger partial charge in [0.05, 0.1) is 5.69 Å². The Bertz CT molecular complexity index is 696. The number of aryl methyl sites for hydroxylation is 1. The van der Waals surface area contributed by atoms with Crippen molar-refractivity contribution in [1.29, 1.82) is 0 Å². The van der Waals surface area contributed by atoms with Crippen molar-refractivity contribution < 1.29 is 4.79 Å². The number of rotatable bonds is 7. The Balaban J connectivity index is 1.55. The first-order valence-electron chi connectivity index (χ1n) is 9.76. The molecule has 1 fully saturated rings. The molecule has 6 heteroatoms. The monoisotopic (exact) mass is 357 g/mol. The summed E-state index contributed by atoms with van der Waals surface area (Å²) in [7, 11) is 0. The number of amides is 1. The largest absolute Gasteiger partial charge is 0.353 e. The van der Waals surface area contributed by atoms with Crippen molar-refractivity contribution in [2.45, 2.75) is 40.3 Å². The van der Waals surface area contributed by atoms with E-state index in [0.29, 0.717) is 5.92 Å². The molecule has 1 saturated heterocycles. The Labute approximate surface area is 156 Å². The number of aromatic nitrogens is 3. The van der Waals surface area contributed by atoms with Crippen LogP contribution in [0.15, 0.2) is 30.6 Å². The predicted molar refractivity (Wildman–Crippen MR) is 103 cm³/mol. The van der Waals surface area contributed by atoms with Gasteiger partial charge in [-0.2, -0.15) is 5.10 Å². The zero-order chi connectivity index (χ0) is 18.5. The van der Waals surface area contributed by atoms with E-state index in [4.69, 9.17) is 0 Å². The van der Waals surface area contributed by atoms with Crippen LogP contribution in [-0.2, 0) is 19.5 Å². The summed E-state index contributed by atoms with van der Waals surface area (Å²) in [6.07, 6.45) is 5.11. The van der Waals surface area contributed by atoms with Gasteiger partial charge in [-0.15, -0.1) is 0 Å². The van der Waals surface area contributed by atoms with Crippen LogP contribution >= 0.6 is 0 Å². The van der Waals surface area contributed by atoms with Crippen LogP contribution in [0.4, 0.5) is 0 Å². The molecule has 0 spiro atoms. The van der Waals surface area contributed by atoms with Gasteiger partial charge in [0.1, 0.15) is 5.69 Å². The normalized spacial score (nSPS) is 15.8. The fraction of sp³-hybridized carbons (Fsp3) is 0.600. The molecule has 0 saturated carbocycles. The van der Waals surface area contributed by atoms with Gasteiger partial charge < -0.3 is 9.47 Å². The Morgan fingerprint density at radius 1 is 1.12 bits per heavy atom. The third kappa shape index (κ3) is 4.55. The molecule has 142 valence electrons. The number of hydrogen-bond donors (Lipinski definition) is 0. The minimum absolute atomic E-state index is 0.124. The highest BCUT2D eigenvalue weighted by atomic mass is 16.2. The van der Waals surface area contributed by atoms with Crippen molar-refractivity contribution in [1.82, 2.24) is 24.1 Å². The minimum Gasteiger partial charge on any atom is -0.353 e. The third-order valence-electron chi connectivity index (χ3n) is 4.97. The number of nitrogens with zero attached hydrogens (tertiary/aromatic N) is 5. The van der Waals surface area contributed by atoms with E-state index < -0.39 is 0 Å². The summed E-state index contributed by atoms with van der Waals surface area (Å²) in [4.78, 5) is 17.4. The second-order valence-corrected chi connectivity index (χ2v) is 7.49. The summed E-state index contributed by atoms with van der Waals surface area (Å²) >= 11 is 0. The molecular weight excluding hydrogens is 326 g/mol. The topological polar surface area (TPSA) is 46.3 Å². The average Bonchev–Trinajstić information content (AvgIpc) is 3.28. The summed E-state index contributed by atoms with van der Waals surface area (Å²) in [5.41, 5.74) is 1.76. The lowest BCUT2D eigenvalue weighted by atomic mass is 10.1. The molecule has 1 aliphatic heterocycles. The summed E-state index contributed by atoms with van der Waals surface area (Å²) in [6.45, 7) is 12.6. The van der Waals surface area contributed by atoms with Gasteiger partial charge in [0.25, 0.3) is 5.91 Å². The molecule has 3 rings (SSSR count). The second kappa shape index (κ2) is 8.54. The first kappa shape index (κ1) is 18.7. The molecule has 2 aromatic heterocycles. The fourth-order valence-electron chi connectivity index (χ4n) is 3.51. The molecular formula is C20H31N5O. The van der Waals surface area contributed by atoms with Crippen molar-refractivity contribution in [2.24, 2.45) is 5.92 Å². The summed E-state index contributed by atoms with van der Waals surface area (Å²) in [6, 6.07) is 6.10. The molecule has 0 aliphatic carbocycles. The van der Waals surface area contributed by atoms with Gasteiger partial charge in [0, 0.05) is 58.2 Å². The zero-order valence-electron chi connectivity index (χ0n) is 16.3. The third-order valence-corrected chi connectivity index (χ3v) is 4.97. The van der Waals surface area contributed by atoms with Gasteiger partial charge in [-0.1, -0.05) is 13.8 Å². The molecule has 6 nitrogen and oxygen atoms in total. The number of hydrogen-bond acceptors (Lipinski definition) is 3. The Morgan fingerprint density at radius 3 is 2.42 bits per heavy atom. The first-order valence-corrected chi connectivity index (χ1v) is 9.76. The van der Waals surface area contributed by atoms with E-state index in [9.17, 15) is 4.79 Å². The number of carbonyl (C=O) groups excluding carboxylic acids is 1. The van der Waals surface area contributed by atoms with E-state index >= 15 is 0 Å². The highest BCUT2D eigenvalue weighted by Crippen LogP contribution is 2.14. The van der Waals surface area contributed by atoms with Crippen LogP contribution in [-0.4, -0.2) is 62.8 Å². The second-order valence-electron chi connectivity index (χ2n) is 7.49. The van der Waals surface area contributed by atoms with Crippen molar-refractivity contribution in [3.63, 3.8) is 0 Å². The first-order chi connectivity index (χ1) is 12.6. The van der Waals surface area contributed by atoms with Crippen LogP contribution < -0.4 is 0 Å². The van der Waals surface area contributed by atoms with E-state index in [-0.39, 0.29) is 5.91 Å². The van der Waals surface area contributed by atoms with Crippen LogP contribution in [0.2, 0.25) is 0 Å². The zero-order valence-corrected chi connectivity index (χ0v) is 16.3. The van der Waals surface area contributed by atoms with Crippen molar-refractivity contribution in [2.75, 3.05) is 32.7 Å². The van der Waals surface area contributed by atoms with Crippen LogP contribution in [0.1, 0.15) is 37.0 Å². The summed E-state index contributed by atoms with van der Waals surface area (Å²) in [5, 5.41) is 4.61. The molecule has 1 amide bonds. The van der Waals surface area contributed by atoms with Crippen LogP contribution in [0.3, 0.4) is 0 Å². The van der Waals surface area contributed by atoms with Crippen molar-refractivity contribution in [3.8, 4) is 0 Å². The quantitative estimate of drug-likeness (QED) is 0.764. The summed E-state index contributed by atoms with van der Waals surface area (Å²) < 4.78 is 4.06. The highest BCUT2D eigenvalue weighted by Gasteiger charge is 2.25. The molecule has 1 aliphatic rings. The van der Waals surface area contributed by atoms with E-state index in [1.54, 1.807) is 0 Å². The van der Waals surface area contributed by atoms with Gasteiger partial charge in [0.2, 0.25) is 0 Å². The molecule has 2 aromatic rings. The smallest absolute Gasteiger partial charge is 0.272 e. The highest BCUT2D eigenvalue weighted by molar-refractivity contribution is 5.92. The molecule has 0 unspecified atom stereocenters. The molecule has 0 bridgehead atoms. The number of piperazine rings is 1. The van der Waals surface area contributed by atoms with E-state index in [1.165, 1.54) is 0 Å². The lowest BCUT2D eigenvalue weighted by Crippen LogP contribution is -2.49. The minimum atomic E-state index is 0.124. The lowest BCUT2D eigenvalue weighted by molar-refractivity contribution is 0.0621. The summed E-state index contributed by atoms with van der Waals surface area (Å²) in [5.74, 6) is 0.668. The Morgan fingerprint density at radius 2 is 1.81 bits per heavy atom. The maximum absolute atomic E-state index is 13.0. The molecule has 26 heavy (non-hydrogen) atoms. The van der Waals surface area contributed by atoms with Crippen LogP contribution in [0, 0.1) is 5.92 Å². The molecule has 0 radical (unpaired) electrons. The molecule has 3 heterocycles. The average molecular weight is 358 g/mol. The Kier molecular flexibility index (Phi) is 6.14. The van der Waals surface area contributed by atoms with Crippen LogP contribution in [0.25, 0.3) is 0 Å². The van der Waals surface area contributed by atoms with Crippen LogP contribution in [0.5, 0.6) is 0 Å². The van der Waals surface area contributed by atoms with Gasteiger partial charge in [-0.05, 0) is 37.5 Å². The maximum atomic E-state index is 13.0. The van der Waals surface area contributed by atoms with E-state index in [0.717, 1.165) is 63.6 Å².